The zero-order valence-corrected chi connectivity index (χ0v) is 14.5. The second-order valence-corrected chi connectivity index (χ2v) is 5.75. The quantitative estimate of drug-likeness (QED) is 0.828. The van der Waals surface area contributed by atoms with Crippen LogP contribution in [0.15, 0.2) is 43.1 Å². The van der Waals surface area contributed by atoms with E-state index in [0.29, 0.717) is 18.8 Å². The number of nitrogens with one attached hydrogen (secondary N) is 1. The van der Waals surface area contributed by atoms with Crippen molar-refractivity contribution < 1.29 is 13.9 Å². The number of rotatable bonds is 5. The highest BCUT2D eigenvalue weighted by molar-refractivity contribution is 5.87. The number of carbonyl (C=O) groups excluding carboxylic acids is 1. The molecule has 0 bridgehead atoms. The molecule has 0 saturated carbocycles. The minimum Gasteiger partial charge on any atom is -0.467 e. The number of methoxy groups -OCH3 is 1. The van der Waals surface area contributed by atoms with Crippen molar-refractivity contribution in [3.63, 3.8) is 0 Å². The lowest BCUT2D eigenvalue weighted by atomic mass is 10.2. The molecule has 0 radical (unpaired) electrons. The van der Waals surface area contributed by atoms with Gasteiger partial charge in [-0.25, -0.2) is 9.37 Å². The smallest absolute Gasteiger partial charge is 0.318 e. The number of hydrogen-bond donors (Lipinski definition) is 1. The van der Waals surface area contributed by atoms with Gasteiger partial charge in [-0.05, 0) is 24.3 Å². The maximum atomic E-state index is 13.9. The normalized spacial score (nSPS) is 14.1. The third kappa shape index (κ3) is 3.90. The Morgan fingerprint density at radius 3 is 2.81 bits per heavy atom. The standard InChI is InChI=1S/C18H20FN5O2/c1-3-16(25)24-9-7-23(8-10-24)14-6-4-5-13(11-14)21-17-15(19)12-20-18(22-17)26-2/h3-6,11-12H,1,7-10H2,2H3,(H,20,21,22). The van der Waals surface area contributed by atoms with Gasteiger partial charge in [0.05, 0.1) is 13.3 Å². The molecule has 0 unspecified atom stereocenters. The number of nitrogens with zero attached hydrogens (tertiary/aromatic N) is 4. The Bertz CT molecular complexity index is 806. The summed E-state index contributed by atoms with van der Waals surface area (Å²) in [4.78, 5) is 23.3. The van der Waals surface area contributed by atoms with Crippen LogP contribution in [0.25, 0.3) is 0 Å². The third-order valence-electron chi connectivity index (χ3n) is 4.14. The zero-order valence-electron chi connectivity index (χ0n) is 14.5. The van der Waals surface area contributed by atoms with E-state index in [4.69, 9.17) is 4.74 Å². The van der Waals surface area contributed by atoms with Crippen LogP contribution < -0.4 is 15.0 Å². The van der Waals surface area contributed by atoms with Crippen LogP contribution in [-0.4, -0.2) is 54.1 Å². The van der Waals surface area contributed by atoms with E-state index in [2.05, 4.69) is 26.8 Å². The summed E-state index contributed by atoms with van der Waals surface area (Å²) in [5.41, 5.74) is 1.69. The van der Waals surface area contributed by atoms with Crippen molar-refractivity contribution in [2.45, 2.75) is 0 Å². The molecule has 1 aromatic heterocycles. The van der Waals surface area contributed by atoms with E-state index in [0.717, 1.165) is 25.0 Å². The van der Waals surface area contributed by atoms with Crippen LogP contribution >= 0.6 is 0 Å². The summed E-state index contributed by atoms with van der Waals surface area (Å²) in [5, 5.41) is 2.95. The highest BCUT2D eigenvalue weighted by atomic mass is 19.1. The van der Waals surface area contributed by atoms with Crippen LogP contribution in [0.1, 0.15) is 0 Å². The Balaban J connectivity index is 1.71. The van der Waals surface area contributed by atoms with E-state index < -0.39 is 5.82 Å². The van der Waals surface area contributed by atoms with E-state index in [1.807, 2.05) is 24.3 Å². The fourth-order valence-corrected chi connectivity index (χ4v) is 2.77. The average molecular weight is 357 g/mol. The maximum absolute atomic E-state index is 13.9. The fraction of sp³-hybridized carbons (Fsp3) is 0.278. The molecule has 26 heavy (non-hydrogen) atoms. The molecule has 2 aromatic rings. The molecule has 1 N–H and O–H groups in total. The summed E-state index contributed by atoms with van der Waals surface area (Å²) >= 11 is 0. The molecule has 3 rings (SSSR count). The lowest BCUT2D eigenvalue weighted by molar-refractivity contribution is -0.126. The van der Waals surface area contributed by atoms with Crippen LogP contribution in [-0.2, 0) is 4.79 Å². The minimum atomic E-state index is -0.562. The van der Waals surface area contributed by atoms with Gasteiger partial charge in [0.15, 0.2) is 11.6 Å². The summed E-state index contributed by atoms with van der Waals surface area (Å²) in [6, 6.07) is 7.70. The first-order valence-corrected chi connectivity index (χ1v) is 8.20. The van der Waals surface area contributed by atoms with Crippen molar-refractivity contribution in [3.05, 3.63) is 48.9 Å². The van der Waals surface area contributed by atoms with Gasteiger partial charge in [-0.2, -0.15) is 4.98 Å². The number of anilines is 3. The van der Waals surface area contributed by atoms with Gasteiger partial charge in [-0.15, -0.1) is 0 Å². The highest BCUT2D eigenvalue weighted by Gasteiger charge is 2.19. The molecule has 1 amide bonds. The first-order valence-electron chi connectivity index (χ1n) is 8.20. The molecule has 8 heteroatoms. The molecular weight excluding hydrogens is 337 g/mol. The topological polar surface area (TPSA) is 70.6 Å². The molecule has 0 atom stereocenters. The van der Waals surface area contributed by atoms with Crippen LogP contribution in [0.5, 0.6) is 6.01 Å². The van der Waals surface area contributed by atoms with Crippen molar-refractivity contribution in [1.29, 1.82) is 0 Å². The van der Waals surface area contributed by atoms with Crippen molar-refractivity contribution >= 4 is 23.1 Å². The summed E-state index contributed by atoms with van der Waals surface area (Å²) in [7, 11) is 1.42. The summed E-state index contributed by atoms with van der Waals surface area (Å²) in [6.07, 6.45) is 2.40. The Kier molecular flexibility index (Phi) is 5.31. The van der Waals surface area contributed by atoms with Gasteiger partial charge in [0.25, 0.3) is 0 Å². The van der Waals surface area contributed by atoms with Gasteiger partial charge < -0.3 is 19.9 Å². The van der Waals surface area contributed by atoms with E-state index in [9.17, 15) is 9.18 Å². The van der Waals surface area contributed by atoms with Crippen LogP contribution in [0.2, 0.25) is 0 Å². The van der Waals surface area contributed by atoms with Crippen molar-refractivity contribution in [2.24, 2.45) is 0 Å². The Morgan fingerprint density at radius 1 is 1.35 bits per heavy atom. The lowest BCUT2D eigenvalue weighted by Gasteiger charge is -2.35. The van der Waals surface area contributed by atoms with E-state index >= 15 is 0 Å². The second kappa shape index (κ2) is 7.81. The fourth-order valence-electron chi connectivity index (χ4n) is 2.77. The lowest BCUT2D eigenvalue weighted by Crippen LogP contribution is -2.48. The third-order valence-corrected chi connectivity index (χ3v) is 4.14. The van der Waals surface area contributed by atoms with Crippen molar-refractivity contribution in [1.82, 2.24) is 14.9 Å². The Hall–Kier alpha value is -3.16. The number of halogens is 1. The molecular formula is C18H20FN5O2. The average Bonchev–Trinajstić information content (AvgIpc) is 2.69. The van der Waals surface area contributed by atoms with E-state index in [1.165, 1.54) is 13.2 Å². The summed E-state index contributed by atoms with van der Waals surface area (Å²) < 4.78 is 18.8. The van der Waals surface area contributed by atoms with Crippen LogP contribution in [0.4, 0.5) is 21.6 Å². The van der Waals surface area contributed by atoms with E-state index in [-0.39, 0.29) is 17.7 Å². The summed E-state index contributed by atoms with van der Waals surface area (Å²) in [5.74, 6) is -0.559. The first kappa shape index (κ1) is 17.7. The number of amides is 1. The molecule has 1 aromatic carbocycles. The predicted molar refractivity (Wildman–Crippen MR) is 97.3 cm³/mol. The molecule has 0 aliphatic carbocycles. The van der Waals surface area contributed by atoms with Gasteiger partial charge in [-0.3, -0.25) is 4.79 Å². The number of carbonyl (C=O) groups is 1. The zero-order chi connectivity index (χ0) is 18.5. The highest BCUT2D eigenvalue weighted by Crippen LogP contribution is 2.24. The van der Waals surface area contributed by atoms with Gasteiger partial charge in [0.1, 0.15) is 0 Å². The molecule has 1 aliphatic heterocycles. The molecule has 7 nitrogen and oxygen atoms in total. The van der Waals surface area contributed by atoms with Gasteiger partial charge >= 0.3 is 6.01 Å². The SMILES string of the molecule is C=CC(=O)N1CCN(c2cccc(Nc3nc(OC)ncc3F)c2)CC1. The first-order chi connectivity index (χ1) is 12.6. The van der Waals surface area contributed by atoms with Gasteiger partial charge in [0.2, 0.25) is 5.91 Å². The van der Waals surface area contributed by atoms with Gasteiger partial charge in [-0.1, -0.05) is 12.6 Å². The van der Waals surface area contributed by atoms with Crippen LogP contribution in [0.3, 0.4) is 0 Å². The molecule has 2 heterocycles. The Morgan fingerprint density at radius 2 is 2.12 bits per heavy atom. The van der Waals surface area contributed by atoms with Gasteiger partial charge in [0, 0.05) is 37.6 Å². The molecule has 136 valence electrons. The van der Waals surface area contributed by atoms with Crippen LogP contribution in [0, 0.1) is 5.82 Å². The molecule has 0 spiro atoms. The monoisotopic (exact) mass is 357 g/mol. The number of benzene rings is 1. The minimum absolute atomic E-state index is 0.0479. The molecule has 1 fully saturated rings. The summed E-state index contributed by atoms with van der Waals surface area (Å²) in [6.45, 7) is 6.24. The van der Waals surface area contributed by atoms with E-state index in [1.54, 1.807) is 4.90 Å². The van der Waals surface area contributed by atoms with Crippen molar-refractivity contribution in [2.75, 3.05) is 43.5 Å². The second-order valence-electron chi connectivity index (χ2n) is 5.75. The number of aromatic nitrogens is 2. The molecule has 1 aliphatic rings. The number of piperazine rings is 1. The number of ether oxygens (including phenoxy) is 1. The maximum Gasteiger partial charge on any atom is 0.318 e. The predicted octanol–water partition coefficient (Wildman–Crippen LogP) is 2.20. The Labute approximate surface area is 151 Å². The number of hydrogen-bond acceptors (Lipinski definition) is 6. The van der Waals surface area contributed by atoms with Crippen molar-refractivity contribution in [3.8, 4) is 6.01 Å². The molecule has 1 saturated heterocycles. The largest absolute Gasteiger partial charge is 0.467 e.